The number of unbranched alkanes of at least 4 members (excludes halogenated alkanes) is 19. The fourth-order valence-electron chi connectivity index (χ4n) is 7.24. The Hall–Kier alpha value is -1.93. The molecule has 11 nitrogen and oxygen atoms in total. The first-order valence-corrected chi connectivity index (χ1v) is 23.5. The minimum Gasteiger partial charge on any atom is -0.394 e. The average molecular weight is 838 g/mol. The van der Waals surface area contributed by atoms with Crippen molar-refractivity contribution in [2.75, 3.05) is 13.2 Å². The number of carbonyl (C=O) groups excluding carboxylic acids is 1. The lowest BCUT2D eigenvalue weighted by Gasteiger charge is -2.40. The molecule has 344 valence electrons. The van der Waals surface area contributed by atoms with E-state index in [1.165, 1.54) is 70.6 Å². The minimum atomic E-state index is -1.67. The third-order valence-electron chi connectivity index (χ3n) is 11.2. The van der Waals surface area contributed by atoms with Gasteiger partial charge in [-0.25, -0.2) is 0 Å². The molecule has 11 heteroatoms. The number of aliphatic hydroxyl groups excluding tert-OH is 7. The molecule has 1 saturated heterocycles. The van der Waals surface area contributed by atoms with Gasteiger partial charge >= 0.3 is 0 Å². The van der Waals surface area contributed by atoms with Crippen LogP contribution in [0.4, 0.5) is 0 Å². The van der Waals surface area contributed by atoms with Gasteiger partial charge in [0.05, 0.1) is 25.4 Å². The van der Waals surface area contributed by atoms with Crippen molar-refractivity contribution in [1.29, 1.82) is 0 Å². The van der Waals surface area contributed by atoms with Crippen molar-refractivity contribution < 1.29 is 50.0 Å². The highest BCUT2D eigenvalue weighted by molar-refractivity contribution is 5.80. The lowest BCUT2D eigenvalue weighted by molar-refractivity contribution is -0.303. The first-order valence-electron chi connectivity index (χ1n) is 23.5. The Morgan fingerprint density at radius 3 is 1.61 bits per heavy atom. The fraction of sp³-hybridized carbons (Fsp3) is 0.812. The number of hydrogen-bond acceptors (Lipinski definition) is 10. The quantitative estimate of drug-likeness (QED) is 0.0225. The van der Waals surface area contributed by atoms with Crippen molar-refractivity contribution in [3.63, 3.8) is 0 Å². The van der Waals surface area contributed by atoms with Crippen LogP contribution in [0.15, 0.2) is 48.6 Å². The Morgan fingerprint density at radius 1 is 0.610 bits per heavy atom. The highest BCUT2D eigenvalue weighted by Gasteiger charge is 2.44. The zero-order chi connectivity index (χ0) is 43.4. The van der Waals surface area contributed by atoms with Crippen molar-refractivity contribution in [3.8, 4) is 0 Å². The van der Waals surface area contributed by atoms with Gasteiger partial charge in [0.25, 0.3) is 0 Å². The molecule has 1 aliphatic rings. The molecule has 1 rings (SSSR count). The fourth-order valence-corrected chi connectivity index (χ4v) is 7.24. The van der Waals surface area contributed by atoms with E-state index in [-0.39, 0.29) is 12.8 Å². The molecule has 0 bridgehead atoms. The molecule has 1 aliphatic heterocycles. The summed E-state index contributed by atoms with van der Waals surface area (Å²) in [6, 6.07) is -1.20. The minimum absolute atomic E-state index is 0.237. The maximum atomic E-state index is 13.1. The molecular formula is C48H87NO10. The summed E-state index contributed by atoms with van der Waals surface area (Å²) < 4.78 is 11.1. The van der Waals surface area contributed by atoms with Gasteiger partial charge < -0.3 is 50.5 Å². The smallest absolute Gasteiger partial charge is 0.249 e. The van der Waals surface area contributed by atoms with Crippen molar-refractivity contribution in [2.24, 2.45) is 0 Å². The number of ether oxygens (including phenoxy) is 2. The van der Waals surface area contributed by atoms with E-state index < -0.39 is 74.2 Å². The Labute approximate surface area is 358 Å². The second kappa shape index (κ2) is 37.8. The summed E-state index contributed by atoms with van der Waals surface area (Å²) in [7, 11) is 0. The van der Waals surface area contributed by atoms with E-state index in [1.54, 1.807) is 0 Å². The third-order valence-corrected chi connectivity index (χ3v) is 11.2. The number of carbonyl (C=O) groups is 1. The van der Waals surface area contributed by atoms with Gasteiger partial charge in [-0.1, -0.05) is 145 Å². The maximum Gasteiger partial charge on any atom is 0.249 e. The molecule has 0 aromatic rings. The lowest BCUT2D eigenvalue weighted by atomic mass is 9.98. The van der Waals surface area contributed by atoms with Crippen LogP contribution in [0.1, 0.15) is 181 Å². The molecular weight excluding hydrogens is 751 g/mol. The van der Waals surface area contributed by atoms with Gasteiger partial charge in [0.15, 0.2) is 6.29 Å². The van der Waals surface area contributed by atoms with Crippen molar-refractivity contribution in [2.45, 2.75) is 236 Å². The van der Waals surface area contributed by atoms with E-state index in [1.807, 2.05) is 13.0 Å². The predicted octanol–water partition coefficient (Wildman–Crippen LogP) is 7.78. The third kappa shape index (κ3) is 27.6. The molecule has 1 heterocycles. The summed E-state index contributed by atoms with van der Waals surface area (Å²) in [4.78, 5) is 13.1. The van der Waals surface area contributed by atoms with E-state index in [2.05, 4.69) is 54.8 Å². The molecule has 59 heavy (non-hydrogen) atoms. The van der Waals surface area contributed by atoms with Crippen LogP contribution in [0.3, 0.4) is 0 Å². The van der Waals surface area contributed by atoms with Gasteiger partial charge in [-0.05, 0) is 84.0 Å². The van der Waals surface area contributed by atoms with Gasteiger partial charge in [0, 0.05) is 0 Å². The van der Waals surface area contributed by atoms with Gasteiger partial charge in [-0.15, -0.1) is 0 Å². The molecule has 1 amide bonds. The molecule has 9 atom stereocenters. The monoisotopic (exact) mass is 838 g/mol. The molecule has 0 aromatic heterocycles. The number of allylic oxidation sites excluding steroid dienone is 8. The Balaban J connectivity index is 2.44. The number of rotatable bonds is 38. The zero-order valence-electron chi connectivity index (χ0n) is 37.0. The van der Waals surface area contributed by atoms with Crippen LogP contribution in [0.25, 0.3) is 0 Å². The van der Waals surface area contributed by atoms with Crippen LogP contribution in [-0.2, 0) is 14.3 Å². The molecule has 0 saturated carbocycles. The molecule has 0 spiro atoms. The van der Waals surface area contributed by atoms with Crippen LogP contribution in [0.2, 0.25) is 0 Å². The van der Waals surface area contributed by atoms with Crippen LogP contribution >= 0.6 is 0 Å². The second-order valence-electron chi connectivity index (χ2n) is 16.5. The summed E-state index contributed by atoms with van der Waals surface area (Å²) in [5.41, 5.74) is 0. The van der Waals surface area contributed by atoms with Crippen LogP contribution < -0.4 is 5.32 Å². The van der Waals surface area contributed by atoms with E-state index in [0.29, 0.717) is 19.3 Å². The summed E-state index contributed by atoms with van der Waals surface area (Å²) in [5, 5.41) is 75.5. The average Bonchev–Trinajstić information content (AvgIpc) is 3.23. The maximum absolute atomic E-state index is 13.1. The number of hydrogen-bond donors (Lipinski definition) is 8. The van der Waals surface area contributed by atoms with Gasteiger partial charge in [-0.3, -0.25) is 4.79 Å². The number of aliphatic hydroxyl groups is 7. The van der Waals surface area contributed by atoms with Crippen molar-refractivity contribution >= 4 is 5.91 Å². The molecule has 1 fully saturated rings. The predicted molar refractivity (Wildman–Crippen MR) is 238 cm³/mol. The first kappa shape index (κ1) is 55.1. The second-order valence-corrected chi connectivity index (χ2v) is 16.5. The highest BCUT2D eigenvalue weighted by Crippen LogP contribution is 2.23. The molecule has 0 aliphatic carbocycles. The number of nitrogens with one attached hydrogen (secondary N) is 1. The number of amides is 1. The molecule has 0 aromatic carbocycles. The van der Waals surface area contributed by atoms with E-state index in [9.17, 15) is 40.5 Å². The van der Waals surface area contributed by atoms with Gasteiger partial charge in [0.2, 0.25) is 5.91 Å². The molecule has 9 unspecified atom stereocenters. The van der Waals surface area contributed by atoms with Crippen LogP contribution in [-0.4, -0.2) is 110 Å². The van der Waals surface area contributed by atoms with E-state index >= 15 is 0 Å². The molecule has 8 N–H and O–H groups in total. The SMILES string of the molecule is C/C=C/CC/C=C/CC/C=C/CCCC(O)C(O)C(COC1OC(CO)C(O)C(O)C1O)NC(=O)C(O)CCCCCCCC/C=C\CCCCCCCCCCCC. The summed E-state index contributed by atoms with van der Waals surface area (Å²) in [6.07, 6.45) is 33.2. The van der Waals surface area contributed by atoms with E-state index in [0.717, 1.165) is 64.2 Å². The van der Waals surface area contributed by atoms with Crippen LogP contribution in [0, 0.1) is 0 Å². The van der Waals surface area contributed by atoms with Crippen molar-refractivity contribution in [3.05, 3.63) is 48.6 Å². The van der Waals surface area contributed by atoms with Crippen molar-refractivity contribution in [1.82, 2.24) is 5.32 Å². The summed E-state index contributed by atoms with van der Waals surface area (Å²) >= 11 is 0. The van der Waals surface area contributed by atoms with Gasteiger partial charge in [-0.2, -0.15) is 0 Å². The highest BCUT2D eigenvalue weighted by atomic mass is 16.7. The lowest BCUT2D eigenvalue weighted by Crippen LogP contribution is -2.60. The summed E-state index contributed by atoms with van der Waals surface area (Å²) in [6.45, 7) is 3.19. The summed E-state index contributed by atoms with van der Waals surface area (Å²) in [5.74, 6) is -0.720. The zero-order valence-corrected chi connectivity index (χ0v) is 37.0. The molecule has 0 radical (unpaired) electrons. The van der Waals surface area contributed by atoms with Gasteiger partial charge in [0.1, 0.15) is 36.6 Å². The van der Waals surface area contributed by atoms with Crippen LogP contribution in [0.5, 0.6) is 0 Å². The van der Waals surface area contributed by atoms with E-state index in [4.69, 9.17) is 9.47 Å². The first-order chi connectivity index (χ1) is 28.7. The largest absolute Gasteiger partial charge is 0.394 e. The standard InChI is InChI=1S/C48H87NO10/c1-3-5-7-9-11-13-15-17-18-19-20-21-22-23-24-26-28-30-32-34-36-41(52)47(57)49-39(38-58-48-46(56)45(55)44(54)42(37-50)59-48)43(53)40(51)35-33-31-29-27-25-16-14-12-10-8-6-4-2/h4,6,12,14,21-22,27,29,39-46,48,50-56H,3,5,7-11,13,15-20,23-26,28,30-38H2,1-2H3,(H,49,57)/b6-4+,14-12+,22-21-,29-27+. The normalized spacial score (nSPS) is 22.2. The Kier molecular flexibility index (Phi) is 35.3. The topological polar surface area (TPSA) is 189 Å². The Morgan fingerprint density at radius 2 is 1.08 bits per heavy atom. The Bertz CT molecular complexity index is 1100.